The molecular formula is C36H22F6N2O2. The van der Waals surface area contributed by atoms with E-state index < -0.39 is 34.3 Å². The summed E-state index contributed by atoms with van der Waals surface area (Å²) in [5.41, 5.74) is -0.347. The number of aromatic nitrogens is 2. The van der Waals surface area contributed by atoms with Crippen LogP contribution in [0.25, 0.3) is 65.9 Å². The molecule has 0 radical (unpaired) electrons. The van der Waals surface area contributed by atoms with Crippen molar-refractivity contribution >= 4 is 43.6 Å². The summed E-state index contributed by atoms with van der Waals surface area (Å²) in [6.45, 7) is 0. The Morgan fingerprint density at radius 1 is 0.457 bits per heavy atom. The standard InChI is InChI=1S/C36H22F6N2O2/c1-43-29-13-11-19(21-7-3-5-9-27(21)35(37,38)39)15-23(29)33(45)25-18-32-26(17-31(25)43)34(46)24-16-20(12-14-30(24)44(32)2)22-8-4-6-10-28(22)36(40,41)42/h3-18H,1-2H3. The highest BCUT2D eigenvalue weighted by molar-refractivity contribution is 6.04. The lowest BCUT2D eigenvalue weighted by Crippen LogP contribution is -2.14. The molecule has 7 aromatic rings. The fraction of sp³-hybridized carbons (Fsp3) is 0.111. The minimum Gasteiger partial charge on any atom is -0.343 e. The van der Waals surface area contributed by atoms with Gasteiger partial charge in [-0.15, -0.1) is 0 Å². The van der Waals surface area contributed by atoms with E-state index in [0.717, 1.165) is 12.1 Å². The molecule has 0 amide bonds. The second kappa shape index (κ2) is 10.1. The first kappa shape index (κ1) is 29.3. The zero-order valence-electron chi connectivity index (χ0n) is 24.2. The molecule has 0 unspecified atom stereocenters. The maximum atomic E-state index is 13.9. The van der Waals surface area contributed by atoms with E-state index in [0.29, 0.717) is 22.1 Å². The average molecular weight is 629 g/mol. The Hall–Kier alpha value is -5.38. The van der Waals surface area contributed by atoms with Crippen molar-refractivity contribution in [1.29, 1.82) is 0 Å². The van der Waals surface area contributed by atoms with Crippen LogP contribution in [0.1, 0.15) is 11.1 Å². The van der Waals surface area contributed by atoms with Crippen LogP contribution >= 0.6 is 0 Å². The molecule has 0 aliphatic heterocycles. The molecule has 5 aromatic carbocycles. The number of halogens is 6. The Balaban J connectivity index is 1.48. The van der Waals surface area contributed by atoms with E-state index in [9.17, 15) is 35.9 Å². The third kappa shape index (κ3) is 4.47. The van der Waals surface area contributed by atoms with Crippen molar-refractivity contribution in [1.82, 2.24) is 9.13 Å². The van der Waals surface area contributed by atoms with Gasteiger partial charge in [0.25, 0.3) is 0 Å². The quantitative estimate of drug-likeness (QED) is 0.142. The van der Waals surface area contributed by atoms with Gasteiger partial charge in [-0.2, -0.15) is 26.3 Å². The van der Waals surface area contributed by atoms with E-state index in [-0.39, 0.29) is 43.8 Å². The molecule has 230 valence electrons. The maximum absolute atomic E-state index is 13.9. The molecule has 0 bridgehead atoms. The highest BCUT2D eigenvalue weighted by Gasteiger charge is 2.34. The third-order valence-electron chi connectivity index (χ3n) is 8.62. The van der Waals surface area contributed by atoms with Gasteiger partial charge < -0.3 is 9.13 Å². The molecule has 0 saturated heterocycles. The van der Waals surface area contributed by atoms with Gasteiger partial charge in [-0.1, -0.05) is 48.5 Å². The summed E-state index contributed by atoms with van der Waals surface area (Å²) < 4.78 is 86.0. The average Bonchev–Trinajstić information content (AvgIpc) is 3.04. The van der Waals surface area contributed by atoms with Crippen LogP contribution in [0.4, 0.5) is 26.3 Å². The minimum absolute atomic E-state index is 0.0522. The Bertz CT molecular complexity index is 2350. The van der Waals surface area contributed by atoms with Crippen LogP contribution in [0.15, 0.2) is 107 Å². The van der Waals surface area contributed by atoms with Crippen molar-refractivity contribution in [2.24, 2.45) is 14.1 Å². The molecule has 7 rings (SSSR count). The summed E-state index contributed by atoms with van der Waals surface area (Å²) in [6, 6.07) is 22.6. The normalized spacial score (nSPS) is 12.5. The summed E-state index contributed by atoms with van der Waals surface area (Å²) in [5, 5.41) is 0.938. The number of nitrogens with zero attached hydrogens (tertiary/aromatic N) is 2. The van der Waals surface area contributed by atoms with E-state index in [1.165, 1.54) is 60.7 Å². The van der Waals surface area contributed by atoms with E-state index in [1.54, 1.807) is 47.5 Å². The molecule has 2 heterocycles. The highest BCUT2D eigenvalue weighted by atomic mass is 19.4. The van der Waals surface area contributed by atoms with Gasteiger partial charge in [0.1, 0.15) is 0 Å². The van der Waals surface area contributed by atoms with Gasteiger partial charge in [-0.25, -0.2) is 0 Å². The van der Waals surface area contributed by atoms with Gasteiger partial charge in [0.05, 0.1) is 33.2 Å². The molecule has 4 nitrogen and oxygen atoms in total. The first-order chi connectivity index (χ1) is 21.8. The zero-order chi connectivity index (χ0) is 32.7. The Labute approximate surface area is 256 Å². The molecule has 46 heavy (non-hydrogen) atoms. The van der Waals surface area contributed by atoms with Gasteiger partial charge in [-0.3, -0.25) is 9.59 Å². The second-order valence-electron chi connectivity index (χ2n) is 11.2. The number of aryl methyl sites for hydroxylation is 2. The summed E-state index contributed by atoms with van der Waals surface area (Å²) >= 11 is 0. The van der Waals surface area contributed by atoms with Crippen LogP contribution in [0.2, 0.25) is 0 Å². The van der Waals surface area contributed by atoms with Gasteiger partial charge in [0, 0.05) is 35.6 Å². The minimum atomic E-state index is -4.59. The zero-order valence-corrected chi connectivity index (χ0v) is 24.2. The molecule has 10 heteroatoms. The first-order valence-corrected chi connectivity index (χ1v) is 14.1. The number of benzene rings is 5. The second-order valence-corrected chi connectivity index (χ2v) is 11.2. The molecule has 2 aromatic heterocycles. The number of hydrogen-bond donors (Lipinski definition) is 0. The van der Waals surface area contributed by atoms with Gasteiger partial charge >= 0.3 is 12.4 Å². The van der Waals surface area contributed by atoms with Crippen LogP contribution in [-0.2, 0) is 26.4 Å². The van der Waals surface area contributed by atoms with Crippen molar-refractivity contribution in [2.45, 2.75) is 12.4 Å². The fourth-order valence-electron chi connectivity index (χ4n) is 6.37. The summed E-state index contributed by atoms with van der Waals surface area (Å²) in [4.78, 5) is 27.8. The Morgan fingerprint density at radius 2 is 0.804 bits per heavy atom. The summed E-state index contributed by atoms with van der Waals surface area (Å²) in [7, 11) is 3.38. The van der Waals surface area contributed by atoms with Crippen LogP contribution < -0.4 is 10.9 Å². The number of fused-ring (bicyclic) bond motifs is 4. The maximum Gasteiger partial charge on any atom is 0.417 e. The molecule has 0 atom stereocenters. The van der Waals surface area contributed by atoms with Crippen molar-refractivity contribution in [3.63, 3.8) is 0 Å². The Kier molecular flexibility index (Phi) is 6.42. The van der Waals surface area contributed by atoms with Crippen molar-refractivity contribution in [3.8, 4) is 22.3 Å². The molecular weight excluding hydrogens is 606 g/mol. The van der Waals surface area contributed by atoms with Crippen LogP contribution in [0, 0.1) is 0 Å². The van der Waals surface area contributed by atoms with Gasteiger partial charge in [0.15, 0.2) is 10.9 Å². The number of rotatable bonds is 2. The molecule has 0 fully saturated rings. The summed E-state index contributed by atoms with van der Waals surface area (Å²) in [6.07, 6.45) is -9.18. The van der Waals surface area contributed by atoms with Crippen molar-refractivity contribution in [3.05, 3.63) is 129 Å². The monoisotopic (exact) mass is 628 g/mol. The van der Waals surface area contributed by atoms with E-state index in [1.807, 2.05) is 0 Å². The van der Waals surface area contributed by atoms with Crippen LogP contribution in [-0.4, -0.2) is 9.13 Å². The molecule has 0 spiro atoms. The Morgan fingerprint density at radius 3 is 1.17 bits per heavy atom. The van der Waals surface area contributed by atoms with E-state index >= 15 is 0 Å². The van der Waals surface area contributed by atoms with Crippen molar-refractivity contribution in [2.75, 3.05) is 0 Å². The third-order valence-corrected chi connectivity index (χ3v) is 8.62. The van der Waals surface area contributed by atoms with Crippen LogP contribution in [0.5, 0.6) is 0 Å². The number of alkyl halides is 6. The molecule has 0 N–H and O–H groups in total. The smallest absolute Gasteiger partial charge is 0.343 e. The highest BCUT2D eigenvalue weighted by Crippen LogP contribution is 2.39. The lowest BCUT2D eigenvalue weighted by Gasteiger charge is -2.17. The largest absolute Gasteiger partial charge is 0.417 e. The van der Waals surface area contributed by atoms with Crippen LogP contribution in [0.3, 0.4) is 0 Å². The van der Waals surface area contributed by atoms with Gasteiger partial charge in [0.2, 0.25) is 0 Å². The van der Waals surface area contributed by atoms with E-state index in [2.05, 4.69) is 0 Å². The van der Waals surface area contributed by atoms with Gasteiger partial charge in [-0.05, 0) is 70.8 Å². The topological polar surface area (TPSA) is 44.0 Å². The first-order valence-electron chi connectivity index (χ1n) is 14.1. The molecule has 0 aliphatic carbocycles. The predicted octanol–water partition coefficient (Wildman–Crippen LogP) is 9.07. The summed E-state index contributed by atoms with van der Waals surface area (Å²) in [5.74, 6) is 0. The molecule has 0 saturated carbocycles. The van der Waals surface area contributed by atoms with Crippen molar-refractivity contribution < 1.29 is 26.3 Å². The molecule has 0 aliphatic rings. The van der Waals surface area contributed by atoms with E-state index in [4.69, 9.17) is 0 Å². The predicted molar refractivity (Wildman–Crippen MR) is 168 cm³/mol. The fourth-order valence-corrected chi connectivity index (χ4v) is 6.37. The number of hydrogen-bond acceptors (Lipinski definition) is 2. The lowest BCUT2D eigenvalue weighted by atomic mass is 9.96. The number of pyridine rings is 2. The lowest BCUT2D eigenvalue weighted by molar-refractivity contribution is -0.137. The SMILES string of the molecule is Cn1c2ccc(-c3ccccc3C(F)(F)F)cc2c(=O)c2cc3c(cc21)c(=O)c1cc(-c2ccccc2C(F)(F)F)ccc1n3C.